The van der Waals surface area contributed by atoms with Crippen molar-refractivity contribution in [1.29, 1.82) is 0 Å². The quantitative estimate of drug-likeness (QED) is 0.871. The van der Waals surface area contributed by atoms with Crippen LogP contribution < -0.4 is 11.1 Å². The highest BCUT2D eigenvalue weighted by Crippen LogP contribution is 2.19. The van der Waals surface area contributed by atoms with Crippen molar-refractivity contribution < 1.29 is 9.59 Å². The summed E-state index contributed by atoms with van der Waals surface area (Å²) < 4.78 is 0. The Bertz CT molecular complexity index is 554. The van der Waals surface area contributed by atoms with Crippen molar-refractivity contribution in [2.45, 2.75) is 51.6 Å². The van der Waals surface area contributed by atoms with Crippen molar-refractivity contribution in [2.75, 3.05) is 13.1 Å². The minimum absolute atomic E-state index is 0.0452. The molecular weight excluding hydrogens is 290 g/mol. The monoisotopic (exact) mass is 317 g/mol. The number of hydrogen-bond acceptors (Lipinski definition) is 3. The van der Waals surface area contributed by atoms with Crippen LogP contribution in [0.2, 0.25) is 0 Å². The van der Waals surface area contributed by atoms with Gasteiger partial charge in [-0.3, -0.25) is 9.59 Å². The van der Waals surface area contributed by atoms with Crippen LogP contribution in [0.4, 0.5) is 0 Å². The Morgan fingerprint density at radius 3 is 2.43 bits per heavy atom. The molecule has 23 heavy (non-hydrogen) atoms. The Balaban J connectivity index is 1.89. The molecule has 126 valence electrons. The predicted octanol–water partition coefficient (Wildman–Crippen LogP) is 1.94. The van der Waals surface area contributed by atoms with Crippen molar-refractivity contribution in [3.63, 3.8) is 0 Å². The Hall–Kier alpha value is -1.88. The number of nitrogens with two attached hydrogens (primary N) is 1. The average molecular weight is 317 g/mol. The van der Waals surface area contributed by atoms with E-state index in [1.54, 1.807) is 4.90 Å². The first-order valence-corrected chi connectivity index (χ1v) is 8.30. The minimum atomic E-state index is -0.344. The zero-order chi connectivity index (χ0) is 17.0. The first-order valence-electron chi connectivity index (χ1n) is 8.30. The molecule has 2 amide bonds. The predicted molar refractivity (Wildman–Crippen MR) is 90.9 cm³/mol. The normalized spacial score (nSPS) is 19.0. The average Bonchev–Trinajstić information content (AvgIpc) is 3.02. The molecule has 2 atom stereocenters. The van der Waals surface area contributed by atoms with Gasteiger partial charge in [-0.2, -0.15) is 0 Å². The van der Waals surface area contributed by atoms with Crippen LogP contribution in [-0.2, 0) is 9.59 Å². The molecule has 0 aliphatic carbocycles. The number of nitrogens with one attached hydrogen (secondary N) is 1. The molecular formula is C18H27N3O2. The largest absolute Gasteiger partial charge is 0.352 e. The van der Waals surface area contributed by atoms with Crippen molar-refractivity contribution in [2.24, 2.45) is 5.73 Å². The molecule has 0 saturated carbocycles. The summed E-state index contributed by atoms with van der Waals surface area (Å²) in [5, 5.41) is 2.89. The highest BCUT2D eigenvalue weighted by atomic mass is 16.2. The minimum Gasteiger partial charge on any atom is -0.352 e. The molecule has 0 spiro atoms. The van der Waals surface area contributed by atoms with E-state index in [0.717, 1.165) is 18.4 Å². The van der Waals surface area contributed by atoms with Gasteiger partial charge in [0.15, 0.2) is 0 Å². The molecule has 5 heteroatoms. The third-order valence-electron chi connectivity index (χ3n) is 4.49. The van der Waals surface area contributed by atoms with Gasteiger partial charge < -0.3 is 16.0 Å². The lowest BCUT2D eigenvalue weighted by Gasteiger charge is -2.23. The van der Waals surface area contributed by atoms with E-state index in [9.17, 15) is 9.59 Å². The molecule has 3 N–H and O–H groups in total. The lowest BCUT2D eigenvalue weighted by atomic mass is 9.99. The fraction of sp³-hybridized carbons (Fsp3) is 0.556. The number of hydrogen-bond donors (Lipinski definition) is 2. The number of carbonyl (C=O) groups is 2. The summed E-state index contributed by atoms with van der Waals surface area (Å²) in [6.45, 7) is 6.85. The summed E-state index contributed by atoms with van der Waals surface area (Å²) in [5.41, 5.74) is 8.44. The second-order valence-corrected chi connectivity index (χ2v) is 6.54. The molecule has 1 aromatic carbocycles. The zero-order valence-corrected chi connectivity index (χ0v) is 14.2. The van der Waals surface area contributed by atoms with Gasteiger partial charge in [0.2, 0.25) is 11.8 Å². The van der Waals surface area contributed by atoms with E-state index in [-0.39, 0.29) is 23.9 Å². The molecule has 0 aromatic heterocycles. The third-order valence-corrected chi connectivity index (χ3v) is 4.49. The number of carbonyl (C=O) groups excluding carboxylic acids is 2. The molecule has 1 aromatic rings. The molecule has 0 bridgehead atoms. The van der Waals surface area contributed by atoms with Crippen LogP contribution in [0.3, 0.4) is 0 Å². The summed E-state index contributed by atoms with van der Waals surface area (Å²) >= 11 is 0. The SMILES string of the molecule is CC(=O)N1CCCC1C(=O)NCC(N)c1ccc(C(C)C)cc1. The lowest BCUT2D eigenvalue weighted by molar-refractivity contribution is -0.136. The Kier molecular flexibility index (Phi) is 5.77. The van der Waals surface area contributed by atoms with Crippen LogP contribution in [0.15, 0.2) is 24.3 Å². The van der Waals surface area contributed by atoms with E-state index in [4.69, 9.17) is 5.73 Å². The molecule has 1 heterocycles. The highest BCUT2D eigenvalue weighted by Gasteiger charge is 2.32. The van der Waals surface area contributed by atoms with Gasteiger partial charge in [-0.15, -0.1) is 0 Å². The number of rotatable bonds is 5. The fourth-order valence-electron chi connectivity index (χ4n) is 2.99. The second kappa shape index (κ2) is 7.59. The van der Waals surface area contributed by atoms with Gasteiger partial charge in [0.1, 0.15) is 6.04 Å². The maximum atomic E-state index is 12.3. The van der Waals surface area contributed by atoms with E-state index in [1.165, 1.54) is 12.5 Å². The van der Waals surface area contributed by atoms with Gasteiger partial charge >= 0.3 is 0 Å². The van der Waals surface area contributed by atoms with Crippen LogP contribution in [0.5, 0.6) is 0 Å². The van der Waals surface area contributed by atoms with Gasteiger partial charge in [-0.25, -0.2) is 0 Å². The van der Waals surface area contributed by atoms with Gasteiger partial charge in [-0.1, -0.05) is 38.1 Å². The van der Waals surface area contributed by atoms with Crippen LogP contribution in [0.1, 0.15) is 56.7 Å². The molecule has 1 fully saturated rings. The van der Waals surface area contributed by atoms with Crippen molar-refractivity contribution in [1.82, 2.24) is 10.2 Å². The van der Waals surface area contributed by atoms with Gasteiger partial charge in [0.25, 0.3) is 0 Å². The molecule has 0 radical (unpaired) electrons. The lowest BCUT2D eigenvalue weighted by Crippen LogP contribution is -2.46. The standard InChI is InChI=1S/C18H27N3O2/c1-12(2)14-6-8-15(9-7-14)16(19)11-20-18(23)17-5-4-10-21(17)13(3)22/h6-9,12,16-17H,4-5,10-11,19H2,1-3H3,(H,20,23). The van der Waals surface area contributed by atoms with Crippen LogP contribution in [-0.4, -0.2) is 35.8 Å². The highest BCUT2D eigenvalue weighted by molar-refractivity contribution is 5.87. The molecule has 1 aliphatic rings. The second-order valence-electron chi connectivity index (χ2n) is 6.54. The van der Waals surface area contributed by atoms with E-state index in [1.807, 2.05) is 12.1 Å². The van der Waals surface area contributed by atoms with Gasteiger partial charge in [0, 0.05) is 26.1 Å². The molecule has 2 rings (SSSR count). The summed E-state index contributed by atoms with van der Waals surface area (Å²) in [5.74, 6) is 0.336. The van der Waals surface area contributed by atoms with Gasteiger partial charge in [-0.05, 0) is 29.9 Å². The summed E-state index contributed by atoms with van der Waals surface area (Å²) in [4.78, 5) is 25.4. The Morgan fingerprint density at radius 2 is 1.87 bits per heavy atom. The zero-order valence-electron chi connectivity index (χ0n) is 14.2. The first kappa shape index (κ1) is 17.5. The fourth-order valence-corrected chi connectivity index (χ4v) is 2.99. The summed E-state index contributed by atoms with van der Waals surface area (Å²) in [6, 6.07) is 7.61. The number of likely N-dealkylation sites (tertiary alicyclic amines) is 1. The number of amides is 2. The van der Waals surface area contributed by atoms with Crippen molar-refractivity contribution in [3.05, 3.63) is 35.4 Å². The van der Waals surface area contributed by atoms with E-state index < -0.39 is 0 Å². The maximum absolute atomic E-state index is 12.3. The van der Waals surface area contributed by atoms with E-state index in [2.05, 4.69) is 31.3 Å². The Labute approximate surface area is 138 Å². The van der Waals surface area contributed by atoms with E-state index in [0.29, 0.717) is 19.0 Å². The summed E-state index contributed by atoms with van der Waals surface area (Å²) in [7, 11) is 0. The Morgan fingerprint density at radius 1 is 1.26 bits per heavy atom. The third kappa shape index (κ3) is 4.32. The summed E-state index contributed by atoms with van der Waals surface area (Å²) in [6.07, 6.45) is 1.60. The molecule has 2 unspecified atom stereocenters. The number of nitrogens with zero attached hydrogens (tertiary/aromatic N) is 1. The maximum Gasteiger partial charge on any atom is 0.242 e. The first-order chi connectivity index (χ1) is 10.9. The topological polar surface area (TPSA) is 75.4 Å². The van der Waals surface area contributed by atoms with Crippen molar-refractivity contribution in [3.8, 4) is 0 Å². The molecule has 1 saturated heterocycles. The van der Waals surface area contributed by atoms with E-state index >= 15 is 0 Å². The van der Waals surface area contributed by atoms with Gasteiger partial charge in [0.05, 0.1) is 0 Å². The van der Waals surface area contributed by atoms with Crippen LogP contribution >= 0.6 is 0 Å². The molecule has 5 nitrogen and oxygen atoms in total. The smallest absolute Gasteiger partial charge is 0.242 e. The van der Waals surface area contributed by atoms with Crippen LogP contribution in [0, 0.1) is 0 Å². The number of benzene rings is 1. The van der Waals surface area contributed by atoms with Crippen LogP contribution in [0.25, 0.3) is 0 Å². The van der Waals surface area contributed by atoms with Crippen molar-refractivity contribution >= 4 is 11.8 Å². The molecule has 1 aliphatic heterocycles.